The van der Waals surface area contributed by atoms with Crippen molar-refractivity contribution in [2.45, 2.75) is 32.5 Å². The van der Waals surface area contributed by atoms with E-state index in [9.17, 15) is 23.3 Å². The number of carbonyl (C=O) groups excluding carboxylic acids is 1. The first-order chi connectivity index (χ1) is 12.2. The number of nitrogens with one attached hydrogen (secondary N) is 1. The van der Waals surface area contributed by atoms with Crippen LogP contribution >= 0.6 is 0 Å². The number of morpholine rings is 1. The molecule has 0 spiro atoms. The average Bonchev–Trinajstić information content (AvgIpc) is 2.54. The van der Waals surface area contributed by atoms with Gasteiger partial charge in [0, 0.05) is 31.8 Å². The Morgan fingerprint density at radius 2 is 1.85 bits per heavy atom. The lowest BCUT2D eigenvalue weighted by Crippen LogP contribution is -2.49. The van der Waals surface area contributed by atoms with Crippen LogP contribution in [0.4, 0.5) is 5.69 Å². The van der Waals surface area contributed by atoms with Gasteiger partial charge in [0.15, 0.2) is 0 Å². The highest BCUT2D eigenvalue weighted by atomic mass is 32.2. The van der Waals surface area contributed by atoms with Crippen molar-refractivity contribution >= 4 is 21.6 Å². The van der Waals surface area contributed by atoms with Crippen LogP contribution in [-0.2, 0) is 26.0 Å². The second-order valence-electron chi connectivity index (χ2n) is 6.34. The first-order valence-electron chi connectivity index (χ1n) is 8.30. The number of hydrogen-bond acceptors (Lipinski definition) is 6. The number of nitro benzene ring substituents is 1. The van der Waals surface area contributed by atoms with Crippen molar-refractivity contribution in [2.24, 2.45) is 0 Å². The van der Waals surface area contributed by atoms with Crippen molar-refractivity contribution < 1.29 is 22.9 Å². The topological polar surface area (TPSA) is 119 Å². The second-order valence-corrected chi connectivity index (χ2v) is 8.43. The van der Waals surface area contributed by atoms with E-state index >= 15 is 0 Å². The zero-order valence-corrected chi connectivity index (χ0v) is 15.6. The summed E-state index contributed by atoms with van der Waals surface area (Å²) >= 11 is 0. The molecule has 0 bridgehead atoms. The van der Waals surface area contributed by atoms with Crippen LogP contribution in [-0.4, -0.2) is 61.1 Å². The zero-order chi connectivity index (χ0) is 19.3. The third-order valence-corrected chi connectivity index (χ3v) is 5.78. The van der Waals surface area contributed by atoms with E-state index in [0.717, 1.165) is 0 Å². The van der Waals surface area contributed by atoms with Crippen LogP contribution in [0.3, 0.4) is 0 Å². The van der Waals surface area contributed by atoms with Gasteiger partial charge < -0.3 is 10.1 Å². The summed E-state index contributed by atoms with van der Waals surface area (Å²) in [7, 11) is -3.47. The minimum atomic E-state index is -3.47. The monoisotopic (exact) mass is 385 g/mol. The molecule has 1 amide bonds. The van der Waals surface area contributed by atoms with Crippen LogP contribution in [0, 0.1) is 10.1 Å². The minimum absolute atomic E-state index is 0.00820. The van der Waals surface area contributed by atoms with E-state index in [-0.39, 0.29) is 42.5 Å². The fourth-order valence-corrected chi connectivity index (χ4v) is 4.28. The summed E-state index contributed by atoms with van der Waals surface area (Å²) in [5.74, 6) is -0.518. The van der Waals surface area contributed by atoms with Crippen molar-refractivity contribution in [3.8, 4) is 0 Å². The standard InChI is InChI=1S/C16H23N3O6S/c1-12-10-18(11-13(2)25-12)26(23,24)8-7-17-16(20)9-14-3-5-15(6-4-14)19(21)22/h3-6,12-13H,7-11H2,1-2H3,(H,17,20)/t12-,13+. The number of ether oxygens (including phenoxy) is 1. The van der Waals surface area contributed by atoms with Crippen molar-refractivity contribution in [2.75, 3.05) is 25.4 Å². The lowest BCUT2D eigenvalue weighted by Gasteiger charge is -2.34. The van der Waals surface area contributed by atoms with E-state index in [4.69, 9.17) is 4.74 Å². The molecule has 9 nitrogen and oxygen atoms in total. The van der Waals surface area contributed by atoms with Gasteiger partial charge in [0.25, 0.3) is 5.69 Å². The van der Waals surface area contributed by atoms with Crippen LogP contribution in [0.2, 0.25) is 0 Å². The number of nitro groups is 1. The fourth-order valence-electron chi connectivity index (χ4n) is 2.79. The molecule has 1 aliphatic rings. The van der Waals surface area contributed by atoms with Crippen molar-refractivity contribution in [3.63, 3.8) is 0 Å². The average molecular weight is 385 g/mol. The van der Waals surface area contributed by atoms with E-state index in [1.165, 1.54) is 28.6 Å². The Morgan fingerprint density at radius 1 is 1.27 bits per heavy atom. The molecule has 1 heterocycles. The zero-order valence-electron chi connectivity index (χ0n) is 14.8. The Hall–Kier alpha value is -2.04. The molecule has 1 fully saturated rings. The van der Waals surface area contributed by atoms with Crippen LogP contribution in [0.15, 0.2) is 24.3 Å². The van der Waals surface area contributed by atoms with Crippen LogP contribution in [0.5, 0.6) is 0 Å². The van der Waals surface area contributed by atoms with E-state index in [1.54, 1.807) is 0 Å². The van der Waals surface area contributed by atoms with Gasteiger partial charge in [0.1, 0.15) is 0 Å². The normalized spacial score (nSPS) is 21.3. The number of nitrogens with zero attached hydrogens (tertiary/aromatic N) is 2. The smallest absolute Gasteiger partial charge is 0.269 e. The summed E-state index contributed by atoms with van der Waals surface area (Å²) in [6.45, 7) is 4.27. The molecule has 1 N–H and O–H groups in total. The van der Waals surface area contributed by atoms with Crippen LogP contribution in [0.25, 0.3) is 0 Å². The summed E-state index contributed by atoms with van der Waals surface area (Å²) in [5, 5.41) is 13.2. The Kier molecular flexibility index (Phi) is 6.68. The van der Waals surface area contributed by atoms with E-state index < -0.39 is 14.9 Å². The molecule has 0 aliphatic carbocycles. The molecule has 144 valence electrons. The predicted molar refractivity (Wildman–Crippen MR) is 95.2 cm³/mol. The Morgan fingerprint density at radius 3 is 2.38 bits per heavy atom. The molecule has 2 atom stereocenters. The van der Waals surface area contributed by atoms with Crippen molar-refractivity contribution in [1.82, 2.24) is 9.62 Å². The molecule has 0 radical (unpaired) electrons. The summed E-state index contributed by atoms with van der Waals surface area (Å²) in [6, 6.07) is 5.66. The summed E-state index contributed by atoms with van der Waals surface area (Å²) in [5.41, 5.74) is 0.570. The van der Waals surface area contributed by atoms with Gasteiger partial charge in [-0.05, 0) is 19.4 Å². The first kappa shape index (κ1) is 20.3. The molecule has 2 rings (SSSR count). The highest BCUT2D eigenvalue weighted by Gasteiger charge is 2.30. The van der Waals surface area contributed by atoms with Crippen molar-refractivity contribution in [3.05, 3.63) is 39.9 Å². The van der Waals surface area contributed by atoms with E-state index in [1.807, 2.05) is 13.8 Å². The SMILES string of the molecule is C[C@@H]1CN(S(=O)(=O)CCNC(=O)Cc2ccc([N+](=O)[O-])cc2)C[C@H](C)O1. The van der Waals surface area contributed by atoms with Crippen LogP contribution < -0.4 is 5.32 Å². The number of amides is 1. The molecule has 26 heavy (non-hydrogen) atoms. The van der Waals surface area contributed by atoms with Gasteiger partial charge in [0.05, 0.1) is 29.3 Å². The summed E-state index contributed by atoms with van der Waals surface area (Å²) in [4.78, 5) is 22.0. The Balaban J connectivity index is 1.81. The molecule has 1 aromatic carbocycles. The van der Waals surface area contributed by atoms with Gasteiger partial charge >= 0.3 is 0 Å². The number of benzene rings is 1. The van der Waals surface area contributed by atoms with Gasteiger partial charge in [0.2, 0.25) is 15.9 Å². The third kappa shape index (κ3) is 5.75. The quantitative estimate of drug-likeness (QED) is 0.545. The molecule has 0 aromatic heterocycles. The Labute approximate surface area is 152 Å². The number of carbonyl (C=O) groups is 1. The summed E-state index contributed by atoms with van der Waals surface area (Å²) < 4.78 is 31.7. The predicted octanol–water partition coefficient (Wildman–Crippen LogP) is 0.693. The maximum absolute atomic E-state index is 12.4. The van der Waals surface area contributed by atoms with Gasteiger partial charge in [-0.2, -0.15) is 4.31 Å². The molecule has 0 unspecified atom stereocenters. The molecule has 1 saturated heterocycles. The van der Waals surface area contributed by atoms with Gasteiger partial charge in [-0.25, -0.2) is 8.42 Å². The Bertz CT molecular complexity index is 740. The van der Waals surface area contributed by atoms with Crippen LogP contribution in [0.1, 0.15) is 19.4 Å². The summed E-state index contributed by atoms with van der Waals surface area (Å²) in [6.07, 6.45) is -0.292. The number of sulfonamides is 1. The number of rotatable bonds is 7. The highest BCUT2D eigenvalue weighted by Crippen LogP contribution is 2.15. The molecule has 1 aromatic rings. The number of hydrogen-bond donors (Lipinski definition) is 1. The lowest BCUT2D eigenvalue weighted by molar-refractivity contribution is -0.384. The lowest BCUT2D eigenvalue weighted by atomic mass is 10.1. The molecular formula is C16H23N3O6S. The maximum Gasteiger partial charge on any atom is 0.269 e. The van der Waals surface area contributed by atoms with Crippen molar-refractivity contribution in [1.29, 1.82) is 0 Å². The van der Waals surface area contributed by atoms with Gasteiger partial charge in [-0.1, -0.05) is 12.1 Å². The van der Waals surface area contributed by atoms with Gasteiger partial charge in [-0.15, -0.1) is 0 Å². The van der Waals surface area contributed by atoms with E-state index in [2.05, 4.69) is 5.32 Å². The minimum Gasteiger partial charge on any atom is -0.373 e. The second kappa shape index (κ2) is 8.56. The molecule has 1 aliphatic heterocycles. The fraction of sp³-hybridized carbons (Fsp3) is 0.562. The molecule has 10 heteroatoms. The molecular weight excluding hydrogens is 362 g/mol. The number of non-ortho nitro benzene ring substituents is 1. The third-order valence-electron chi connectivity index (χ3n) is 3.97. The largest absolute Gasteiger partial charge is 0.373 e. The first-order valence-corrected chi connectivity index (χ1v) is 9.91. The highest BCUT2D eigenvalue weighted by molar-refractivity contribution is 7.89. The maximum atomic E-state index is 12.4. The molecule has 0 saturated carbocycles. The van der Waals surface area contributed by atoms with Gasteiger partial charge in [-0.3, -0.25) is 14.9 Å². The van der Waals surface area contributed by atoms with E-state index in [0.29, 0.717) is 18.7 Å².